The molecule has 1 atom stereocenters. The Bertz CT molecular complexity index is 619. The molecule has 1 unspecified atom stereocenters. The van der Waals surface area contributed by atoms with Gasteiger partial charge in [0, 0.05) is 22.7 Å². The quantitative estimate of drug-likeness (QED) is 0.790. The summed E-state index contributed by atoms with van der Waals surface area (Å²) in [5, 5.41) is 0. The molecule has 0 aliphatic carbocycles. The standard InChI is InChI=1S/C14H22BrN3O2S/c1-3-18-6-4-5-11(9-18)17-21(19,20)14-8-13(16)12(15)7-10(14)2/h7-8,11,17H,3-6,9,16H2,1-2H3. The fourth-order valence-electron chi connectivity index (χ4n) is 2.68. The Balaban J connectivity index is 2.20. The molecule has 0 amide bonds. The molecule has 7 heteroatoms. The Kier molecular flexibility index (Phi) is 5.29. The van der Waals surface area contributed by atoms with Gasteiger partial charge in [0.25, 0.3) is 0 Å². The Morgan fingerprint density at radius 2 is 2.19 bits per heavy atom. The third-order valence-corrected chi connectivity index (χ3v) is 6.21. The first kappa shape index (κ1) is 16.7. The number of sulfonamides is 1. The number of nitrogens with zero attached hydrogens (tertiary/aromatic N) is 1. The minimum atomic E-state index is -3.54. The van der Waals surface area contributed by atoms with E-state index in [0.717, 1.165) is 32.5 Å². The lowest BCUT2D eigenvalue weighted by Gasteiger charge is -2.32. The second-order valence-electron chi connectivity index (χ2n) is 5.49. The highest BCUT2D eigenvalue weighted by Crippen LogP contribution is 2.27. The molecule has 0 spiro atoms. The lowest BCUT2D eigenvalue weighted by molar-refractivity contribution is 0.211. The summed E-state index contributed by atoms with van der Waals surface area (Å²) in [7, 11) is -3.54. The van der Waals surface area contributed by atoms with Gasteiger partial charge in [0.1, 0.15) is 0 Å². The normalized spacial score (nSPS) is 20.6. The van der Waals surface area contributed by atoms with Crippen molar-refractivity contribution in [1.29, 1.82) is 0 Å². The SMILES string of the molecule is CCN1CCCC(NS(=O)(=O)c2cc(N)c(Br)cc2C)C1. The van der Waals surface area contributed by atoms with E-state index in [1.54, 1.807) is 13.0 Å². The van der Waals surface area contributed by atoms with E-state index >= 15 is 0 Å². The van der Waals surface area contributed by atoms with Crippen LogP contribution in [0.5, 0.6) is 0 Å². The molecule has 1 aromatic rings. The van der Waals surface area contributed by atoms with Gasteiger partial charge in [-0.15, -0.1) is 0 Å². The van der Waals surface area contributed by atoms with E-state index in [4.69, 9.17) is 5.73 Å². The number of hydrogen-bond donors (Lipinski definition) is 2. The van der Waals surface area contributed by atoms with Gasteiger partial charge in [0.05, 0.1) is 4.90 Å². The molecule has 1 saturated heterocycles. The summed E-state index contributed by atoms with van der Waals surface area (Å²) in [6.45, 7) is 6.62. The lowest BCUT2D eigenvalue weighted by Crippen LogP contribution is -2.47. The predicted molar refractivity (Wildman–Crippen MR) is 88.7 cm³/mol. The van der Waals surface area contributed by atoms with Crippen molar-refractivity contribution in [3.8, 4) is 0 Å². The molecule has 1 fully saturated rings. The summed E-state index contributed by atoms with van der Waals surface area (Å²) < 4.78 is 28.7. The van der Waals surface area contributed by atoms with Crippen LogP contribution in [0.25, 0.3) is 0 Å². The molecule has 0 bridgehead atoms. The minimum absolute atomic E-state index is 0.0343. The Hall–Kier alpha value is -0.630. The third-order valence-electron chi connectivity index (χ3n) is 3.86. The van der Waals surface area contributed by atoms with Crippen molar-refractivity contribution in [2.75, 3.05) is 25.4 Å². The average Bonchev–Trinajstić information content (AvgIpc) is 2.42. The van der Waals surface area contributed by atoms with Crippen LogP contribution >= 0.6 is 15.9 Å². The van der Waals surface area contributed by atoms with Crippen LogP contribution in [0.2, 0.25) is 0 Å². The maximum atomic E-state index is 12.6. The predicted octanol–water partition coefficient (Wildman–Crippen LogP) is 2.10. The molecule has 21 heavy (non-hydrogen) atoms. The number of likely N-dealkylation sites (N-methyl/N-ethyl adjacent to an activating group) is 1. The summed E-state index contributed by atoms with van der Waals surface area (Å²) in [6, 6.07) is 3.22. The molecular formula is C14H22BrN3O2S. The van der Waals surface area contributed by atoms with Crippen molar-refractivity contribution in [1.82, 2.24) is 9.62 Å². The number of benzene rings is 1. The summed E-state index contributed by atoms with van der Waals surface area (Å²) in [6.07, 6.45) is 1.89. The van der Waals surface area contributed by atoms with Crippen LogP contribution in [0.3, 0.4) is 0 Å². The van der Waals surface area contributed by atoms with Crippen LogP contribution in [0.15, 0.2) is 21.5 Å². The van der Waals surface area contributed by atoms with E-state index in [9.17, 15) is 8.42 Å². The third kappa shape index (κ3) is 3.97. The van der Waals surface area contributed by atoms with Crippen LogP contribution in [0, 0.1) is 6.92 Å². The van der Waals surface area contributed by atoms with E-state index in [1.165, 1.54) is 6.07 Å². The number of nitrogens with two attached hydrogens (primary N) is 1. The van der Waals surface area contributed by atoms with Crippen molar-refractivity contribution >= 4 is 31.6 Å². The number of hydrogen-bond acceptors (Lipinski definition) is 4. The minimum Gasteiger partial charge on any atom is -0.398 e. The van der Waals surface area contributed by atoms with Gasteiger partial charge in [-0.2, -0.15) is 0 Å². The maximum absolute atomic E-state index is 12.6. The number of rotatable bonds is 4. The number of likely N-dealkylation sites (tertiary alicyclic amines) is 1. The number of halogens is 1. The molecular weight excluding hydrogens is 354 g/mol. The average molecular weight is 376 g/mol. The molecule has 3 N–H and O–H groups in total. The molecule has 0 radical (unpaired) electrons. The van der Waals surface area contributed by atoms with Gasteiger partial charge in [-0.05, 0) is 66.5 Å². The van der Waals surface area contributed by atoms with Gasteiger partial charge >= 0.3 is 0 Å². The zero-order valence-electron chi connectivity index (χ0n) is 12.4. The van der Waals surface area contributed by atoms with Crippen LogP contribution in [-0.4, -0.2) is 39.0 Å². The Morgan fingerprint density at radius 1 is 1.48 bits per heavy atom. The van der Waals surface area contributed by atoms with E-state index in [0.29, 0.717) is 15.7 Å². The zero-order chi connectivity index (χ0) is 15.6. The number of aryl methyl sites for hydroxylation is 1. The molecule has 1 aliphatic rings. The fraction of sp³-hybridized carbons (Fsp3) is 0.571. The first-order chi connectivity index (χ1) is 9.83. The van der Waals surface area contributed by atoms with E-state index in [-0.39, 0.29) is 10.9 Å². The first-order valence-corrected chi connectivity index (χ1v) is 9.41. The molecule has 2 rings (SSSR count). The molecule has 1 aromatic carbocycles. The van der Waals surface area contributed by atoms with Crippen LogP contribution in [0.1, 0.15) is 25.3 Å². The fourth-order valence-corrected chi connectivity index (χ4v) is 4.66. The van der Waals surface area contributed by atoms with Crippen molar-refractivity contribution < 1.29 is 8.42 Å². The highest BCUT2D eigenvalue weighted by atomic mass is 79.9. The van der Waals surface area contributed by atoms with Gasteiger partial charge in [0.2, 0.25) is 10.0 Å². The van der Waals surface area contributed by atoms with Crippen molar-refractivity contribution in [2.24, 2.45) is 0 Å². The van der Waals surface area contributed by atoms with E-state index in [1.807, 2.05) is 0 Å². The molecule has 5 nitrogen and oxygen atoms in total. The van der Waals surface area contributed by atoms with E-state index in [2.05, 4.69) is 32.5 Å². The Morgan fingerprint density at radius 3 is 2.86 bits per heavy atom. The van der Waals surface area contributed by atoms with Gasteiger partial charge in [-0.3, -0.25) is 0 Å². The van der Waals surface area contributed by atoms with E-state index < -0.39 is 10.0 Å². The zero-order valence-corrected chi connectivity index (χ0v) is 14.8. The molecule has 1 aliphatic heterocycles. The van der Waals surface area contributed by atoms with Crippen molar-refractivity contribution in [2.45, 2.75) is 37.6 Å². The monoisotopic (exact) mass is 375 g/mol. The highest BCUT2D eigenvalue weighted by molar-refractivity contribution is 9.10. The number of nitrogen functional groups attached to an aromatic ring is 1. The second kappa shape index (κ2) is 6.64. The molecule has 0 aromatic heterocycles. The second-order valence-corrected chi connectivity index (χ2v) is 8.03. The molecule has 1 heterocycles. The maximum Gasteiger partial charge on any atom is 0.241 e. The van der Waals surface area contributed by atoms with Gasteiger partial charge in [-0.25, -0.2) is 13.1 Å². The van der Waals surface area contributed by atoms with Crippen LogP contribution in [0.4, 0.5) is 5.69 Å². The largest absolute Gasteiger partial charge is 0.398 e. The topological polar surface area (TPSA) is 75.4 Å². The van der Waals surface area contributed by atoms with Gasteiger partial charge in [0.15, 0.2) is 0 Å². The summed E-state index contributed by atoms with van der Waals surface area (Å²) in [4.78, 5) is 2.52. The Labute approximate surface area is 135 Å². The molecule has 118 valence electrons. The van der Waals surface area contributed by atoms with Crippen LogP contribution in [-0.2, 0) is 10.0 Å². The van der Waals surface area contributed by atoms with Gasteiger partial charge < -0.3 is 10.6 Å². The first-order valence-electron chi connectivity index (χ1n) is 7.13. The van der Waals surface area contributed by atoms with Crippen molar-refractivity contribution in [3.05, 3.63) is 22.2 Å². The summed E-state index contributed by atoms with van der Waals surface area (Å²) in [5.74, 6) is 0. The van der Waals surface area contributed by atoms with Crippen molar-refractivity contribution in [3.63, 3.8) is 0 Å². The number of piperidine rings is 1. The van der Waals surface area contributed by atoms with Gasteiger partial charge in [-0.1, -0.05) is 6.92 Å². The lowest BCUT2D eigenvalue weighted by atomic mass is 10.1. The van der Waals surface area contributed by atoms with Crippen LogP contribution < -0.4 is 10.5 Å². The molecule has 0 saturated carbocycles. The smallest absolute Gasteiger partial charge is 0.241 e. The summed E-state index contributed by atoms with van der Waals surface area (Å²) >= 11 is 3.32. The number of nitrogens with one attached hydrogen (secondary N) is 1. The highest BCUT2D eigenvalue weighted by Gasteiger charge is 2.26. The summed E-state index contributed by atoms with van der Waals surface area (Å²) in [5.41, 5.74) is 6.93. The number of anilines is 1.